The lowest BCUT2D eigenvalue weighted by molar-refractivity contribution is 0.00138. The van der Waals surface area contributed by atoms with Crippen LogP contribution in [0.3, 0.4) is 0 Å². The molecule has 0 spiro atoms. The molecule has 0 unspecified atom stereocenters. The Morgan fingerprint density at radius 2 is 2.05 bits per heavy atom. The Kier molecular flexibility index (Phi) is 5.47. The van der Waals surface area contributed by atoms with Crippen molar-refractivity contribution < 1.29 is 9.84 Å². The average molecular weight is 342 g/mol. The molecule has 0 aromatic heterocycles. The van der Waals surface area contributed by atoms with E-state index in [-0.39, 0.29) is 0 Å². The minimum absolute atomic E-state index is 0.395. The zero-order valence-electron chi connectivity index (χ0n) is 12.3. The van der Waals surface area contributed by atoms with E-state index in [2.05, 4.69) is 35.1 Å². The third kappa shape index (κ3) is 4.47. The Labute approximate surface area is 129 Å². The highest BCUT2D eigenvalue weighted by Crippen LogP contribution is 2.30. The topological polar surface area (TPSA) is 41.5 Å². The molecule has 1 aliphatic carbocycles. The van der Waals surface area contributed by atoms with Crippen LogP contribution in [-0.2, 0) is 6.54 Å². The van der Waals surface area contributed by atoms with E-state index < -0.39 is 5.60 Å². The van der Waals surface area contributed by atoms with E-state index in [1.165, 1.54) is 5.56 Å². The van der Waals surface area contributed by atoms with Gasteiger partial charge in [-0.2, -0.15) is 0 Å². The number of ether oxygens (including phenoxy) is 1. The van der Waals surface area contributed by atoms with Crippen LogP contribution in [0.15, 0.2) is 22.7 Å². The summed E-state index contributed by atoms with van der Waals surface area (Å²) in [4.78, 5) is 0. The summed E-state index contributed by atoms with van der Waals surface area (Å²) in [5.74, 6) is 0.828. The van der Waals surface area contributed by atoms with Crippen LogP contribution in [0, 0.1) is 0 Å². The van der Waals surface area contributed by atoms with Crippen LogP contribution < -0.4 is 10.1 Å². The van der Waals surface area contributed by atoms with Gasteiger partial charge in [0.2, 0.25) is 0 Å². The van der Waals surface area contributed by atoms with Gasteiger partial charge in [-0.1, -0.05) is 42.6 Å². The maximum absolute atomic E-state index is 10.3. The van der Waals surface area contributed by atoms with Crippen molar-refractivity contribution in [1.82, 2.24) is 5.32 Å². The predicted octanol–water partition coefficient (Wildman–Crippen LogP) is 3.63. The molecular formula is C16H24BrNO2. The molecule has 3 nitrogen and oxygen atoms in total. The van der Waals surface area contributed by atoms with Crippen LogP contribution in [0.1, 0.15) is 45.1 Å². The van der Waals surface area contributed by atoms with Gasteiger partial charge < -0.3 is 15.2 Å². The summed E-state index contributed by atoms with van der Waals surface area (Å²) in [7, 11) is 0. The van der Waals surface area contributed by atoms with Crippen LogP contribution in [0.4, 0.5) is 0 Å². The van der Waals surface area contributed by atoms with Gasteiger partial charge in [-0.3, -0.25) is 0 Å². The van der Waals surface area contributed by atoms with Crippen molar-refractivity contribution in [3.05, 3.63) is 28.2 Å². The Morgan fingerprint density at radius 3 is 2.70 bits per heavy atom. The van der Waals surface area contributed by atoms with Crippen molar-refractivity contribution in [3.63, 3.8) is 0 Å². The van der Waals surface area contributed by atoms with Crippen LogP contribution >= 0.6 is 15.9 Å². The number of nitrogens with one attached hydrogen (secondary N) is 1. The zero-order valence-corrected chi connectivity index (χ0v) is 13.9. The number of hydrogen-bond acceptors (Lipinski definition) is 3. The van der Waals surface area contributed by atoms with E-state index in [4.69, 9.17) is 4.74 Å². The van der Waals surface area contributed by atoms with Crippen molar-refractivity contribution >= 4 is 15.9 Å². The number of halogens is 1. The normalized spacial score (nSPS) is 17.6. The molecule has 2 N–H and O–H groups in total. The van der Waals surface area contributed by atoms with Crippen molar-refractivity contribution in [3.8, 4) is 5.75 Å². The second-order valence-corrected chi connectivity index (χ2v) is 6.86. The van der Waals surface area contributed by atoms with Crippen molar-refractivity contribution in [2.75, 3.05) is 6.61 Å². The molecule has 4 heteroatoms. The van der Waals surface area contributed by atoms with Gasteiger partial charge in [-0.15, -0.1) is 0 Å². The fourth-order valence-corrected chi connectivity index (χ4v) is 2.87. The van der Waals surface area contributed by atoms with E-state index in [1.807, 2.05) is 18.2 Å². The van der Waals surface area contributed by atoms with Crippen molar-refractivity contribution in [1.29, 1.82) is 0 Å². The minimum atomic E-state index is -0.622. The highest BCUT2D eigenvalue weighted by molar-refractivity contribution is 9.10. The number of benzene rings is 1. The number of aliphatic hydroxyl groups is 1. The van der Waals surface area contributed by atoms with Gasteiger partial charge in [0.15, 0.2) is 0 Å². The molecule has 0 saturated heterocycles. The van der Waals surface area contributed by atoms with Crippen LogP contribution in [0.2, 0.25) is 0 Å². The van der Waals surface area contributed by atoms with Gasteiger partial charge in [0.25, 0.3) is 0 Å². The molecule has 112 valence electrons. The summed E-state index contributed by atoms with van der Waals surface area (Å²) >= 11 is 3.56. The predicted molar refractivity (Wildman–Crippen MR) is 85.0 cm³/mol. The van der Waals surface area contributed by atoms with Crippen LogP contribution in [0.25, 0.3) is 0 Å². The largest absolute Gasteiger partial charge is 0.491 e. The summed E-state index contributed by atoms with van der Waals surface area (Å²) in [5, 5.41) is 13.7. The first-order valence-electron chi connectivity index (χ1n) is 7.35. The SMILES string of the molecule is CC(C)NCc1cc(OCC2(O)CCCC2)ccc1Br. The fourth-order valence-electron chi connectivity index (χ4n) is 2.49. The van der Waals surface area contributed by atoms with Crippen LogP contribution in [0.5, 0.6) is 5.75 Å². The molecule has 0 aliphatic heterocycles. The highest BCUT2D eigenvalue weighted by atomic mass is 79.9. The smallest absolute Gasteiger partial charge is 0.119 e. The molecule has 1 fully saturated rings. The monoisotopic (exact) mass is 341 g/mol. The molecule has 2 rings (SSSR count). The van der Waals surface area contributed by atoms with E-state index >= 15 is 0 Å². The third-order valence-electron chi connectivity index (χ3n) is 3.76. The zero-order chi connectivity index (χ0) is 14.6. The molecule has 1 aliphatic rings. The van der Waals surface area contributed by atoms with E-state index in [9.17, 15) is 5.11 Å². The first-order valence-corrected chi connectivity index (χ1v) is 8.15. The molecule has 1 aromatic rings. The Balaban J connectivity index is 1.96. The standard InChI is InChI=1S/C16H24BrNO2/c1-12(2)18-10-13-9-14(5-6-15(13)17)20-11-16(19)7-3-4-8-16/h5-6,9,12,18-19H,3-4,7-8,10-11H2,1-2H3. The van der Waals surface area contributed by atoms with Gasteiger partial charge in [0.05, 0.1) is 5.60 Å². The quantitative estimate of drug-likeness (QED) is 0.830. The maximum Gasteiger partial charge on any atom is 0.119 e. The fraction of sp³-hybridized carbons (Fsp3) is 0.625. The van der Waals surface area contributed by atoms with Gasteiger partial charge >= 0.3 is 0 Å². The first-order chi connectivity index (χ1) is 9.48. The van der Waals surface area contributed by atoms with Gasteiger partial charge in [0.1, 0.15) is 12.4 Å². The van der Waals surface area contributed by atoms with E-state index in [1.54, 1.807) is 0 Å². The number of hydrogen-bond donors (Lipinski definition) is 2. The lowest BCUT2D eigenvalue weighted by Crippen LogP contribution is -2.32. The second-order valence-electron chi connectivity index (χ2n) is 6.01. The highest BCUT2D eigenvalue weighted by Gasteiger charge is 2.31. The molecule has 0 radical (unpaired) electrons. The molecule has 20 heavy (non-hydrogen) atoms. The number of rotatable bonds is 6. The Morgan fingerprint density at radius 1 is 1.35 bits per heavy atom. The molecule has 1 saturated carbocycles. The molecule has 0 atom stereocenters. The van der Waals surface area contributed by atoms with Crippen molar-refractivity contribution in [2.24, 2.45) is 0 Å². The maximum atomic E-state index is 10.3. The average Bonchev–Trinajstić information content (AvgIpc) is 2.83. The van der Waals surface area contributed by atoms with Crippen molar-refractivity contribution in [2.45, 2.75) is 57.7 Å². The second kappa shape index (κ2) is 6.92. The molecular weight excluding hydrogens is 318 g/mol. The molecule has 0 bridgehead atoms. The van der Waals surface area contributed by atoms with E-state index in [0.717, 1.165) is 42.5 Å². The Bertz CT molecular complexity index is 442. The third-order valence-corrected chi connectivity index (χ3v) is 4.53. The summed E-state index contributed by atoms with van der Waals surface area (Å²) < 4.78 is 6.88. The van der Waals surface area contributed by atoms with Gasteiger partial charge in [-0.25, -0.2) is 0 Å². The lowest BCUT2D eigenvalue weighted by atomic mass is 10.0. The summed E-state index contributed by atoms with van der Waals surface area (Å²) in [6.07, 6.45) is 3.91. The first kappa shape index (κ1) is 15.8. The summed E-state index contributed by atoms with van der Waals surface area (Å²) in [6, 6.07) is 6.44. The minimum Gasteiger partial charge on any atom is -0.491 e. The van der Waals surface area contributed by atoms with Gasteiger partial charge in [-0.05, 0) is 36.6 Å². The molecule has 0 heterocycles. The summed E-state index contributed by atoms with van der Waals surface area (Å²) in [5.41, 5.74) is 0.554. The van der Waals surface area contributed by atoms with Gasteiger partial charge in [0, 0.05) is 17.1 Å². The lowest BCUT2D eigenvalue weighted by Gasteiger charge is -2.22. The molecule has 1 aromatic carbocycles. The summed E-state index contributed by atoms with van der Waals surface area (Å²) in [6.45, 7) is 5.46. The Hall–Kier alpha value is -0.580. The van der Waals surface area contributed by atoms with Crippen LogP contribution in [-0.4, -0.2) is 23.4 Å². The molecule has 0 amide bonds. The van der Waals surface area contributed by atoms with E-state index in [0.29, 0.717) is 12.6 Å².